The van der Waals surface area contributed by atoms with Crippen LogP contribution in [-0.4, -0.2) is 35.7 Å². The highest BCUT2D eigenvalue weighted by Crippen LogP contribution is 2.18. The second kappa shape index (κ2) is 7.43. The minimum absolute atomic E-state index is 0.375. The first-order valence-corrected chi connectivity index (χ1v) is 7.08. The molecule has 2 heterocycles. The van der Waals surface area contributed by atoms with E-state index in [0.717, 1.165) is 44.0 Å². The van der Waals surface area contributed by atoms with Gasteiger partial charge in [-0.15, -0.1) is 0 Å². The number of nitrogens with one attached hydrogen (secondary N) is 1. The Morgan fingerprint density at radius 3 is 3.26 bits per heavy atom. The Morgan fingerprint density at radius 1 is 1.58 bits per heavy atom. The maximum absolute atomic E-state index is 5.86. The topological polar surface area (TPSA) is 63.4 Å². The number of hydrogen-bond donors (Lipinski definition) is 2. The van der Waals surface area contributed by atoms with E-state index in [1.54, 1.807) is 6.20 Å². The summed E-state index contributed by atoms with van der Waals surface area (Å²) in [5, 5.41) is 0. The minimum Gasteiger partial charge on any atom is -0.377 e. The molecule has 1 aliphatic heterocycles. The van der Waals surface area contributed by atoms with Crippen LogP contribution in [0.5, 0.6) is 0 Å². The van der Waals surface area contributed by atoms with Crippen LogP contribution in [0.2, 0.25) is 0 Å². The van der Waals surface area contributed by atoms with Crippen LogP contribution in [0.4, 0.5) is 5.82 Å². The van der Waals surface area contributed by atoms with Crippen molar-refractivity contribution < 1.29 is 4.74 Å². The first-order valence-electron chi connectivity index (χ1n) is 7.08. The van der Waals surface area contributed by atoms with Gasteiger partial charge in [0, 0.05) is 31.5 Å². The van der Waals surface area contributed by atoms with Crippen molar-refractivity contribution in [2.75, 3.05) is 25.1 Å². The lowest BCUT2D eigenvalue weighted by Gasteiger charge is -2.32. The molecule has 0 bridgehead atoms. The van der Waals surface area contributed by atoms with E-state index in [1.165, 1.54) is 12.8 Å². The van der Waals surface area contributed by atoms with E-state index in [1.807, 2.05) is 6.07 Å². The quantitative estimate of drug-likeness (QED) is 0.605. The zero-order valence-corrected chi connectivity index (χ0v) is 11.6. The van der Waals surface area contributed by atoms with Crippen LogP contribution >= 0.6 is 0 Å². The van der Waals surface area contributed by atoms with Gasteiger partial charge in [0.1, 0.15) is 5.82 Å². The maximum Gasteiger partial charge on any atom is 0.144 e. The van der Waals surface area contributed by atoms with Crippen molar-refractivity contribution in [1.29, 1.82) is 0 Å². The lowest BCUT2D eigenvalue weighted by Crippen LogP contribution is -2.39. The van der Waals surface area contributed by atoms with Crippen molar-refractivity contribution in [3.05, 3.63) is 23.9 Å². The van der Waals surface area contributed by atoms with Crippen LogP contribution in [0.15, 0.2) is 18.3 Å². The Balaban J connectivity index is 1.91. The van der Waals surface area contributed by atoms with Gasteiger partial charge in [-0.05, 0) is 31.9 Å². The first kappa shape index (κ1) is 14.2. The third-order valence-electron chi connectivity index (χ3n) is 3.44. The van der Waals surface area contributed by atoms with Crippen LogP contribution in [0.1, 0.15) is 31.7 Å². The van der Waals surface area contributed by atoms with Crippen LogP contribution in [0, 0.1) is 0 Å². The second-order valence-electron chi connectivity index (χ2n) is 5.03. The number of hydrogen-bond acceptors (Lipinski definition) is 5. The molecule has 0 aromatic carbocycles. The fraction of sp³-hybridized carbons (Fsp3) is 0.643. The van der Waals surface area contributed by atoms with Gasteiger partial charge in [0.05, 0.1) is 6.10 Å². The number of hydrazine groups is 1. The molecule has 0 radical (unpaired) electrons. The molecule has 1 fully saturated rings. The minimum atomic E-state index is 0.375. The summed E-state index contributed by atoms with van der Waals surface area (Å²) in [6.45, 7) is 6.00. The number of piperidine rings is 1. The number of nitrogens with two attached hydrogens (primary N) is 1. The normalized spacial score (nSPS) is 20.4. The fourth-order valence-corrected chi connectivity index (χ4v) is 2.51. The van der Waals surface area contributed by atoms with E-state index >= 15 is 0 Å². The second-order valence-corrected chi connectivity index (χ2v) is 5.03. The Labute approximate surface area is 115 Å². The molecule has 19 heavy (non-hydrogen) atoms. The molecule has 3 N–H and O–H groups in total. The number of nitrogens with zero attached hydrogens (tertiary/aromatic N) is 2. The van der Waals surface area contributed by atoms with Crippen LogP contribution in [0.3, 0.4) is 0 Å². The molecule has 5 heteroatoms. The van der Waals surface area contributed by atoms with Gasteiger partial charge in [-0.25, -0.2) is 10.8 Å². The average molecular weight is 264 g/mol. The maximum atomic E-state index is 5.86. The molecule has 1 unspecified atom stereocenters. The van der Waals surface area contributed by atoms with Gasteiger partial charge in [-0.2, -0.15) is 0 Å². The third-order valence-corrected chi connectivity index (χ3v) is 3.44. The molecule has 0 amide bonds. The molecule has 0 aliphatic carbocycles. The summed E-state index contributed by atoms with van der Waals surface area (Å²) in [6, 6.07) is 4.02. The van der Waals surface area contributed by atoms with E-state index in [2.05, 4.69) is 28.3 Å². The van der Waals surface area contributed by atoms with Crippen LogP contribution in [-0.2, 0) is 11.3 Å². The van der Waals surface area contributed by atoms with E-state index in [4.69, 9.17) is 10.6 Å². The predicted molar refractivity (Wildman–Crippen MR) is 76.6 cm³/mol. The number of pyridine rings is 1. The van der Waals surface area contributed by atoms with Crippen molar-refractivity contribution in [1.82, 2.24) is 9.88 Å². The Hall–Kier alpha value is -1.17. The van der Waals surface area contributed by atoms with Gasteiger partial charge in [0.2, 0.25) is 0 Å². The van der Waals surface area contributed by atoms with E-state index in [0.29, 0.717) is 6.10 Å². The molecule has 1 saturated heterocycles. The van der Waals surface area contributed by atoms with Gasteiger partial charge >= 0.3 is 0 Å². The standard InChI is InChI=1S/C14H24N4O/c1-2-9-19-13-6-4-8-18(11-13)10-12-5-3-7-16-14(12)17-15/h3,5,7,13H,2,4,6,8-11,15H2,1H3,(H,16,17). The molecule has 2 rings (SSSR count). The number of ether oxygens (including phenoxy) is 1. The molecule has 1 atom stereocenters. The Kier molecular flexibility index (Phi) is 5.57. The summed E-state index contributed by atoms with van der Waals surface area (Å²) in [7, 11) is 0. The molecular weight excluding hydrogens is 240 g/mol. The smallest absolute Gasteiger partial charge is 0.144 e. The number of likely N-dealkylation sites (tertiary alicyclic amines) is 1. The van der Waals surface area contributed by atoms with E-state index < -0.39 is 0 Å². The lowest BCUT2D eigenvalue weighted by atomic mass is 10.1. The molecule has 1 aromatic rings. The number of nitrogen functional groups attached to an aromatic ring is 1. The van der Waals surface area contributed by atoms with Gasteiger partial charge in [0.15, 0.2) is 0 Å². The molecular formula is C14H24N4O. The number of aromatic nitrogens is 1. The molecule has 0 spiro atoms. The van der Waals surface area contributed by atoms with Crippen molar-refractivity contribution in [3.8, 4) is 0 Å². The highest BCUT2D eigenvalue weighted by Gasteiger charge is 2.20. The first-order chi connectivity index (χ1) is 9.33. The van der Waals surface area contributed by atoms with Gasteiger partial charge in [-0.1, -0.05) is 13.0 Å². The average Bonchev–Trinajstić information content (AvgIpc) is 2.46. The molecule has 5 nitrogen and oxygen atoms in total. The monoisotopic (exact) mass is 264 g/mol. The summed E-state index contributed by atoms with van der Waals surface area (Å²) in [6.07, 6.45) is 5.58. The number of rotatable bonds is 6. The lowest BCUT2D eigenvalue weighted by molar-refractivity contribution is -0.00220. The SMILES string of the molecule is CCCOC1CCCN(Cc2cccnc2NN)C1. The number of anilines is 1. The van der Waals surface area contributed by atoms with Crippen molar-refractivity contribution in [3.63, 3.8) is 0 Å². The van der Waals surface area contributed by atoms with E-state index in [9.17, 15) is 0 Å². The van der Waals surface area contributed by atoms with Crippen molar-refractivity contribution in [2.45, 2.75) is 38.8 Å². The highest BCUT2D eigenvalue weighted by molar-refractivity contribution is 5.42. The summed E-state index contributed by atoms with van der Waals surface area (Å²) < 4.78 is 5.86. The van der Waals surface area contributed by atoms with Crippen LogP contribution < -0.4 is 11.3 Å². The molecule has 1 aromatic heterocycles. The summed E-state index contributed by atoms with van der Waals surface area (Å²) in [5.74, 6) is 6.26. The Morgan fingerprint density at radius 2 is 2.47 bits per heavy atom. The van der Waals surface area contributed by atoms with Gasteiger partial charge < -0.3 is 10.2 Å². The van der Waals surface area contributed by atoms with Crippen molar-refractivity contribution in [2.24, 2.45) is 5.84 Å². The molecule has 1 aliphatic rings. The zero-order chi connectivity index (χ0) is 13.5. The van der Waals surface area contributed by atoms with Gasteiger partial charge in [0.25, 0.3) is 0 Å². The fourth-order valence-electron chi connectivity index (χ4n) is 2.51. The highest BCUT2D eigenvalue weighted by atomic mass is 16.5. The summed E-state index contributed by atoms with van der Waals surface area (Å²) >= 11 is 0. The third kappa shape index (κ3) is 4.16. The summed E-state index contributed by atoms with van der Waals surface area (Å²) in [5.41, 5.74) is 3.80. The molecule has 106 valence electrons. The largest absolute Gasteiger partial charge is 0.377 e. The predicted octanol–water partition coefficient (Wildman–Crippen LogP) is 1.76. The van der Waals surface area contributed by atoms with Crippen LogP contribution in [0.25, 0.3) is 0 Å². The van der Waals surface area contributed by atoms with Gasteiger partial charge in [-0.3, -0.25) is 4.90 Å². The summed E-state index contributed by atoms with van der Waals surface area (Å²) in [4.78, 5) is 6.66. The zero-order valence-electron chi connectivity index (χ0n) is 11.6. The molecule has 0 saturated carbocycles. The van der Waals surface area contributed by atoms with Crippen molar-refractivity contribution >= 4 is 5.82 Å². The van der Waals surface area contributed by atoms with E-state index in [-0.39, 0.29) is 0 Å². The Bertz CT molecular complexity index is 385.